The van der Waals surface area contributed by atoms with Gasteiger partial charge in [-0.3, -0.25) is 9.36 Å². The number of ether oxygens (including phenoxy) is 2. The Bertz CT molecular complexity index is 1330. The van der Waals surface area contributed by atoms with Crippen LogP contribution in [0.3, 0.4) is 0 Å². The maximum absolute atomic E-state index is 13.5. The van der Waals surface area contributed by atoms with E-state index < -0.39 is 12.0 Å². The van der Waals surface area contributed by atoms with Crippen molar-refractivity contribution in [3.8, 4) is 5.75 Å². The topological polar surface area (TPSA) is 69.9 Å². The van der Waals surface area contributed by atoms with E-state index in [0.717, 1.165) is 10.4 Å². The molecule has 1 aliphatic rings. The van der Waals surface area contributed by atoms with Gasteiger partial charge in [-0.2, -0.15) is 0 Å². The van der Waals surface area contributed by atoms with Crippen molar-refractivity contribution in [1.29, 1.82) is 0 Å². The number of carbonyl (C=O) groups is 1. The summed E-state index contributed by atoms with van der Waals surface area (Å²) >= 11 is 2.80. The molecule has 0 amide bonds. The highest BCUT2D eigenvalue weighted by Crippen LogP contribution is 2.33. The second-order valence-corrected chi connectivity index (χ2v) is 9.32. The smallest absolute Gasteiger partial charge is 0.338 e. The van der Waals surface area contributed by atoms with Crippen LogP contribution in [0, 0.1) is 0 Å². The summed E-state index contributed by atoms with van der Waals surface area (Å²) in [5.74, 6) is 0.268. The van der Waals surface area contributed by atoms with Gasteiger partial charge in [-0.15, -0.1) is 11.3 Å². The van der Waals surface area contributed by atoms with Crippen LogP contribution in [0.1, 0.15) is 37.3 Å². The lowest BCUT2D eigenvalue weighted by molar-refractivity contribution is -0.143. The van der Waals surface area contributed by atoms with Crippen LogP contribution in [0.15, 0.2) is 62.8 Å². The van der Waals surface area contributed by atoms with Crippen molar-refractivity contribution in [2.24, 2.45) is 4.99 Å². The quantitative estimate of drug-likeness (QED) is 0.555. The number of carbonyl (C=O) groups excluding carboxylic acids is 1. The summed E-state index contributed by atoms with van der Waals surface area (Å²) < 4.78 is 12.9. The highest BCUT2D eigenvalue weighted by molar-refractivity contribution is 7.10. The zero-order chi connectivity index (χ0) is 22.1. The average molecular weight is 455 g/mol. The Balaban J connectivity index is 1.91. The van der Waals surface area contributed by atoms with Gasteiger partial charge in [-0.05, 0) is 56.0 Å². The van der Waals surface area contributed by atoms with E-state index >= 15 is 0 Å². The second kappa shape index (κ2) is 8.64. The fourth-order valence-corrected chi connectivity index (χ4v) is 5.33. The average Bonchev–Trinajstić information content (AvgIpc) is 3.35. The number of hydrogen-bond donors (Lipinski definition) is 0. The lowest BCUT2D eigenvalue weighted by atomic mass is 10.0. The van der Waals surface area contributed by atoms with E-state index in [1.807, 2.05) is 47.9 Å². The van der Waals surface area contributed by atoms with Crippen LogP contribution in [-0.4, -0.2) is 23.8 Å². The summed E-state index contributed by atoms with van der Waals surface area (Å²) in [6.07, 6.45) is 1.55. The van der Waals surface area contributed by atoms with Gasteiger partial charge in [0.1, 0.15) is 11.8 Å². The molecule has 0 fully saturated rings. The number of rotatable bonds is 5. The number of thiazole rings is 1. The predicted octanol–water partition coefficient (Wildman–Crippen LogP) is 3.26. The van der Waals surface area contributed by atoms with Gasteiger partial charge in [0.15, 0.2) is 4.80 Å². The molecule has 0 saturated carbocycles. The SMILES string of the molecule is COc1cccc(/C=c2/sc3n(c2=O)[C@@H](c2cccs2)C(C(=O)OC(C)C)=C(C)N=3)c1. The summed E-state index contributed by atoms with van der Waals surface area (Å²) in [6, 6.07) is 10.8. The highest BCUT2D eigenvalue weighted by atomic mass is 32.1. The van der Waals surface area contributed by atoms with Crippen molar-refractivity contribution in [2.75, 3.05) is 7.11 Å². The molecule has 3 heterocycles. The Morgan fingerprint density at radius 1 is 1.26 bits per heavy atom. The maximum atomic E-state index is 13.5. The summed E-state index contributed by atoms with van der Waals surface area (Å²) in [7, 11) is 1.61. The van der Waals surface area contributed by atoms with Crippen molar-refractivity contribution in [2.45, 2.75) is 32.9 Å². The van der Waals surface area contributed by atoms with Gasteiger partial charge in [0.05, 0.1) is 29.0 Å². The molecule has 0 aliphatic carbocycles. The molecule has 8 heteroatoms. The van der Waals surface area contributed by atoms with Crippen LogP contribution >= 0.6 is 22.7 Å². The number of allylic oxidation sites excluding steroid dienone is 1. The molecule has 0 bridgehead atoms. The van der Waals surface area contributed by atoms with E-state index in [1.54, 1.807) is 32.4 Å². The number of methoxy groups -OCH3 is 1. The van der Waals surface area contributed by atoms with E-state index in [9.17, 15) is 9.59 Å². The minimum atomic E-state index is -0.560. The van der Waals surface area contributed by atoms with Crippen molar-refractivity contribution in [1.82, 2.24) is 4.57 Å². The van der Waals surface area contributed by atoms with Crippen LogP contribution in [0.5, 0.6) is 5.75 Å². The van der Waals surface area contributed by atoms with E-state index in [1.165, 1.54) is 22.7 Å². The number of esters is 1. The van der Waals surface area contributed by atoms with Crippen molar-refractivity contribution in [3.05, 3.63) is 83.2 Å². The minimum absolute atomic E-state index is 0.188. The standard InChI is InChI=1S/C23H22N2O4S2/c1-13(2)29-22(27)19-14(3)24-23-25(20(19)17-9-6-10-30-17)21(26)18(31-23)12-15-7-5-8-16(11-15)28-4/h5-13,20H,1-4H3/b18-12+/t20-/m0/s1. The molecule has 1 aliphatic heterocycles. The van der Waals surface area contributed by atoms with Gasteiger partial charge in [-0.1, -0.05) is 29.5 Å². The van der Waals surface area contributed by atoms with Crippen molar-refractivity contribution in [3.63, 3.8) is 0 Å². The molecule has 6 nitrogen and oxygen atoms in total. The Morgan fingerprint density at radius 2 is 2.06 bits per heavy atom. The molecule has 1 atom stereocenters. The van der Waals surface area contributed by atoms with E-state index in [-0.39, 0.29) is 11.7 Å². The molecule has 0 radical (unpaired) electrons. The molecule has 0 N–H and O–H groups in total. The summed E-state index contributed by atoms with van der Waals surface area (Å²) in [6.45, 7) is 5.39. The fraction of sp³-hybridized carbons (Fsp3) is 0.261. The molecule has 160 valence electrons. The molecular formula is C23H22N2O4S2. The first-order valence-electron chi connectivity index (χ1n) is 9.80. The van der Waals surface area contributed by atoms with E-state index in [4.69, 9.17) is 9.47 Å². The summed E-state index contributed by atoms with van der Waals surface area (Å²) in [5.41, 5.74) is 1.63. The lowest BCUT2D eigenvalue weighted by Gasteiger charge is -2.24. The van der Waals surface area contributed by atoms with Crippen LogP contribution in [0.4, 0.5) is 0 Å². The van der Waals surface area contributed by atoms with Crippen LogP contribution < -0.4 is 19.6 Å². The Labute approximate surface area is 187 Å². The normalized spacial score (nSPS) is 16.3. The van der Waals surface area contributed by atoms with Gasteiger partial charge in [0.25, 0.3) is 5.56 Å². The van der Waals surface area contributed by atoms with Crippen molar-refractivity contribution < 1.29 is 14.3 Å². The molecule has 0 spiro atoms. The van der Waals surface area contributed by atoms with Gasteiger partial charge >= 0.3 is 5.97 Å². The Hall–Kier alpha value is -2.97. The first kappa shape index (κ1) is 21.3. The van der Waals surface area contributed by atoms with E-state index in [2.05, 4.69) is 4.99 Å². The molecule has 0 saturated heterocycles. The largest absolute Gasteiger partial charge is 0.497 e. The maximum Gasteiger partial charge on any atom is 0.338 e. The molecule has 0 unspecified atom stereocenters. The zero-order valence-electron chi connectivity index (χ0n) is 17.6. The van der Waals surface area contributed by atoms with Gasteiger partial charge < -0.3 is 9.47 Å². The Kier molecular flexibility index (Phi) is 5.93. The predicted molar refractivity (Wildman–Crippen MR) is 122 cm³/mol. The van der Waals surface area contributed by atoms with E-state index in [0.29, 0.717) is 26.4 Å². The van der Waals surface area contributed by atoms with Gasteiger partial charge in [-0.25, -0.2) is 9.79 Å². The molecule has 1 aromatic carbocycles. The summed E-state index contributed by atoms with van der Waals surface area (Å²) in [4.78, 5) is 32.4. The Morgan fingerprint density at radius 3 is 2.74 bits per heavy atom. The number of thiophene rings is 1. The lowest BCUT2D eigenvalue weighted by Crippen LogP contribution is -2.39. The monoisotopic (exact) mass is 454 g/mol. The first-order valence-corrected chi connectivity index (χ1v) is 11.5. The number of aromatic nitrogens is 1. The molecular weight excluding hydrogens is 432 g/mol. The number of nitrogens with zero attached hydrogens (tertiary/aromatic N) is 2. The van der Waals surface area contributed by atoms with Gasteiger partial charge in [0, 0.05) is 4.88 Å². The fourth-order valence-electron chi connectivity index (χ4n) is 3.46. The molecule has 31 heavy (non-hydrogen) atoms. The van der Waals surface area contributed by atoms with Crippen molar-refractivity contribution >= 4 is 34.7 Å². The van der Waals surface area contributed by atoms with Gasteiger partial charge in [0.2, 0.25) is 0 Å². The minimum Gasteiger partial charge on any atom is -0.497 e. The third kappa shape index (κ3) is 4.13. The number of fused-ring (bicyclic) bond motifs is 1. The van der Waals surface area contributed by atoms with Crippen LogP contribution in [0.2, 0.25) is 0 Å². The number of hydrogen-bond acceptors (Lipinski definition) is 7. The molecule has 3 aromatic rings. The first-order chi connectivity index (χ1) is 14.9. The molecule has 4 rings (SSSR count). The molecule has 2 aromatic heterocycles. The van der Waals surface area contributed by atoms with Crippen LogP contribution in [-0.2, 0) is 9.53 Å². The second-order valence-electron chi connectivity index (χ2n) is 7.33. The van der Waals surface area contributed by atoms with Crippen LogP contribution in [0.25, 0.3) is 6.08 Å². The highest BCUT2D eigenvalue weighted by Gasteiger charge is 2.34. The third-order valence-electron chi connectivity index (χ3n) is 4.79. The summed E-state index contributed by atoms with van der Waals surface area (Å²) in [5, 5.41) is 1.93. The number of benzene rings is 1. The zero-order valence-corrected chi connectivity index (χ0v) is 19.3. The third-order valence-corrected chi connectivity index (χ3v) is 6.70.